The lowest BCUT2D eigenvalue weighted by molar-refractivity contribution is -0.385. The molecule has 4 nitrogen and oxygen atoms in total. The number of para-hydroxylation sites is 1. The third-order valence-electron chi connectivity index (χ3n) is 2.56. The van der Waals surface area contributed by atoms with Crippen LogP contribution in [-0.2, 0) is 0 Å². The van der Waals surface area contributed by atoms with Crippen LogP contribution in [0, 0.1) is 10.1 Å². The van der Waals surface area contributed by atoms with Gasteiger partial charge in [-0.25, -0.2) is 0 Å². The fourth-order valence-electron chi connectivity index (χ4n) is 1.81. The number of nitrogens with zero attached hydrogens (tertiary/aromatic N) is 1. The van der Waals surface area contributed by atoms with E-state index in [9.17, 15) is 10.1 Å². The van der Waals surface area contributed by atoms with Crippen molar-refractivity contribution in [2.24, 2.45) is 0 Å². The molecule has 2 aromatic rings. The summed E-state index contributed by atoms with van der Waals surface area (Å²) < 4.78 is 5.44. The summed E-state index contributed by atoms with van der Waals surface area (Å²) >= 11 is 0. The quantitative estimate of drug-likeness (QED) is 0.608. The Bertz CT molecular complexity index is 552. The molecular formula is C14H13NO3. The van der Waals surface area contributed by atoms with Gasteiger partial charge in [-0.2, -0.15) is 0 Å². The highest BCUT2D eigenvalue weighted by atomic mass is 16.6. The standard InChI is InChI=1S/C14H13NO3/c1-2-18-14-12(11-7-4-3-5-8-11)9-6-10-13(14)15(16)17/h3-10H,2H2,1H3. The monoisotopic (exact) mass is 243 g/mol. The van der Waals surface area contributed by atoms with Crippen molar-refractivity contribution in [2.75, 3.05) is 6.61 Å². The van der Waals surface area contributed by atoms with Crippen molar-refractivity contribution in [3.8, 4) is 16.9 Å². The molecule has 2 rings (SSSR count). The molecule has 18 heavy (non-hydrogen) atoms. The molecule has 0 amide bonds. The van der Waals surface area contributed by atoms with Crippen molar-refractivity contribution in [1.82, 2.24) is 0 Å². The van der Waals surface area contributed by atoms with E-state index in [2.05, 4.69) is 0 Å². The third kappa shape index (κ3) is 2.32. The fourth-order valence-corrected chi connectivity index (χ4v) is 1.81. The SMILES string of the molecule is CCOc1c(-c2ccccc2)cccc1[N+](=O)[O-]. The summed E-state index contributed by atoms with van der Waals surface area (Å²) in [5.41, 5.74) is 1.65. The minimum atomic E-state index is -0.419. The van der Waals surface area contributed by atoms with Crippen LogP contribution in [0.1, 0.15) is 6.92 Å². The summed E-state index contributed by atoms with van der Waals surface area (Å²) in [4.78, 5) is 10.6. The summed E-state index contributed by atoms with van der Waals surface area (Å²) in [6.45, 7) is 2.20. The Kier molecular flexibility index (Phi) is 3.57. The summed E-state index contributed by atoms with van der Waals surface area (Å²) in [5.74, 6) is 0.330. The first-order chi connectivity index (χ1) is 8.74. The highest BCUT2D eigenvalue weighted by Crippen LogP contribution is 2.37. The van der Waals surface area contributed by atoms with Gasteiger partial charge in [0.2, 0.25) is 5.75 Å². The highest BCUT2D eigenvalue weighted by Gasteiger charge is 2.19. The molecule has 0 heterocycles. The highest BCUT2D eigenvalue weighted by molar-refractivity contribution is 5.75. The molecule has 0 saturated carbocycles. The van der Waals surface area contributed by atoms with Crippen molar-refractivity contribution in [3.05, 3.63) is 58.6 Å². The second kappa shape index (κ2) is 5.31. The summed E-state index contributed by atoms with van der Waals surface area (Å²) in [7, 11) is 0. The zero-order chi connectivity index (χ0) is 13.0. The molecule has 92 valence electrons. The van der Waals surface area contributed by atoms with Crippen LogP contribution >= 0.6 is 0 Å². The zero-order valence-corrected chi connectivity index (χ0v) is 10.00. The van der Waals surface area contributed by atoms with E-state index in [-0.39, 0.29) is 5.69 Å². The van der Waals surface area contributed by atoms with E-state index in [1.807, 2.05) is 43.3 Å². The van der Waals surface area contributed by atoms with Gasteiger partial charge in [-0.05, 0) is 12.5 Å². The van der Waals surface area contributed by atoms with E-state index in [0.717, 1.165) is 11.1 Å². The van der Waals surface area contributed by atoms with Crippen LogP contribution in [0.5, 0.6) is 5.75 Å². The number of hydrogen-bond acceptors (Lipinski definition) is 3. The second-order valence-corrected chi connectivity index (χ2v) is 3.71. The maximum absolute atomic E-state index is 11.0. The Balaban J connectivity index is 2.60. The molecule has 0 fully saturated rings. The summed E-state index contributed by atoms with van der Waals surface area (Å²) in [6, 6.07) is 14.5. The Hall–Kier alpha value is -2.36. The van der Waals surface area contributed by atoms with Crippen LogP contribution in [0.15, 0.2) is 48.5 Å². The van der Waals surface area contributed by atoms with Crippen LogP contribution in [0.3, 0.4) is 0 Å². The Morgan fingerprint density at radius 3 is 2.44 bits per heavy atom. The molecule has 0 aromatic heterocycles. The van der Waals surface area contributed by atoms with E-state index >= 15 is 0 Å². The minimum Gasteiger partial charge on any atom is -0.487 e. The first kappa shape index (κ1) is 12.1. The van der Waals surface area contributed by atoms with Crippen molar-refractivity contribution >= 4 is 5.69 Å². The van der Waals surface area contributed by atoms with E-state index < -0.39 is 4.92 Å². The zero-order valence-electron chi connectivity index (χ0n) is 10.00. The topological polar surface area (TPSA) is 52.4 Å². The number of rotatable bonds is 4. The molecular weight excluding hydrogens is 230 g/mol. The molecule has 0 aliphatic carbocycles. The lowest BCUT2D eigenvalue weighted by Crippen LogP contribution is -1.99. The van der Waals surface area contributed by atoms with Gasteiger partial charge in [-0.3, -0.25) is 10.1 Å². The Morgan fingerprint density at radius 2 is 1.83 bits per heavy atom. The minimum absolute atomic E-state index is 0.00166. The van der Waals surface area contributed by atoms with Gasteiger partial charge in [0.05, 0.1) is 11.5 Å². The van der Waals surface area contributed by atoms with Gasteiger partial charge in [0, 0.05) is 11.6 Å². The van der Waals surface area contributed by atoms with Crippen molar-refractivity contribution in [2.45, 2.75) is 6.92 Å². The van der Waals surface area contributed by atoms with Crippen molar-refractivity contribution in [3.63, 3.8) is 0 Å². The number of nitro benzene ring substituents is 1. The number of nitro groups is 1. The maximum Gasteiger partial charge on any atom is 0.311 e. The second-order valence-electron chi connectivity index (χ2n) is 3.71. The maximum atomic E-state index is 11.0. The predicted octanol–water partition coefficient (Wildman–Crippen LogP) is 3.66. The summed E-state index contributed by atoms with van der Waals surface area (Å²) in [6.07, 6.45) is 0. The molecule has 0 spiro atoms. The average Bonchev–Trinajstić information content (AvgIpc) is 2.40. The predicted molar refractivity (Wildman–Crippen MR) is 69.7 cm³/mol. The lowest BCUT2D eigenvalue weighted by Gasteiger charge is -2.10. The van der Waals surface area contributed by atoms with E-state index in [1.54, 1.807) is 6.07 Å². The smallest absolute Gasteiger partial charge is 0.311 e. The van der Waals surface area contributed by atoms with Gasteiger partial charge in [0.15, 0.2) is 0 Å². The molecule has 0 N–H and O–H groups in total. The van der Waals surface area contributed by atoms with Gasteiger partial charge in [-0.15, -0.1) is 0 Å². The molecule has 0 atom stereocenters. The molecule has 0 aliphatic heterocycles. The molecule has 0 radical (unpaired) electrons. The van der Waals surface area contributed by atoms with Gasteiger partial charge in [0.25, 0.3) is 0 Å². The van der Waals surface area contributed by atoms with Crippen LogP contribution in [-0.4, -0.2) is 11.5 Å². The van der Waals surface area contributed by atoms with Crippen LogP contribution in [0.25, 0.3) is 11.1 Å². The van der Waals surface area contributed by atoms with Gasteiger partial charge in [0.1, 0.15) is 0 Å². The van der Waals surface area contributed by atoms with Crippen LogP contribution in [0.2, 0.25) is 0 Å². The van der Waals surface area contributed by atoms with Gasteiger partial charge >= 0.3 is 5.69 Å². The molecule has 0 bridgehead atoms. The van der Waals surface area contributed by atoms with E-state index in [4.69, 9.17) is 4.74 Å². The molecule has 0 saturated heterocycles. The third-order valence-corrected chi connectivity index (χ3v) is 2.56. The van der Waals surface area contributed by atoms with Crippen molar-refractivity contribution < 1.29 is 9.66 Å². The number of benzene rings is 2. The fraction of sp³-hybridized carbons (Fsp3) is 0.143. The lowest BCUT2D eigenvalue weighted by atomic mass is 10.0. The van der Waals surface area contributed by atoms with Crippen molar-refractivity contribution in [1.29, 1.82) is 0 Å². The molecule has 0 unspecified atom stereocenters. The first-order valence-corrected chi connectivity index (χ1v) is 5.69. The Morgan fingerprint density at radius 1 is 1.11 bits per heavy atom. The van der Waals surface area contributed by atoms with Gasteiger partial charge < -0.3 is 4.74 Å². The number of ether oxygens (including phenoxy) is 1. The Labute approximate surface area is 105 Å². The molecule has 2 aromatic carbocycles. The largest absolute Gasteiger partial charge is 0.487 e. The van der Waals surface area contributed by atoms with Crippen LogP contribution in [0.4, 0.5) is 5.69 Å². The average molecular weight is 243 g/mol. The first-order valence-electron chi connectivity index (χ1n) is 5.69. The number of hydrogen-bond donors (Lipinski definition) is 0. The van der Waals surface area contributed by atoms with Crippen LogP contribution < -0.4 is 4.74 Å². The van der Waals surface area contributed by atoms with E-state index in [1.165, 1.54) is 6.07 Å². The van der Waals surface area contributed by atoms with Gasteiger partial charge in [-0.1, -0.05) is 42.5 Å². The normalized spacial score (nSPS) is 10.1. The molecule has 0 aliphatic rings. The van der Waals surface area contributed by atoms with E-state index in [0.29, 0.717) is 12.4 Å². The summed E-state index contributed by atoms with van der Waals surface area (Å²) in [5, 5.41) is 11.0. The molecule has 4 heteroatoms.